The molecule has 4 heteroatoms. The van der Waals surface area contributed by atoms with Crippen LogP contribution in [-0.4, -0.2) is 34.8 Å². The van der Waals surface area contributed by atoms with Gasteiger partial charge >= 0.3 is 0 Å². The fraction of sp³-hybridized carbons (Fsp3) is 1.00. The highest BCUT2D eigenvalue weighted by Gasteiger charge is 2.07. The van der Waals surface area contributed by atoms with E-state index in [1.807, 2.05) is 8.61 Å². The van der Waals surface area contributed by atoms with Crippen molar-refractivity contribution in [2.75, 3.05) is 26.2 Å². The van der Waals surface area contributed by atoms with Gasteiger partial charge in [0.15, 0.2) is 0 Å². The zero-order valence-corrected chi connectivity index (χ0v) is 7.11. The Kier molecular flexibility index (Phi) is 3.18. The number of thiol groups is 2. The Bertz CT molecular complexity index is 79.0. The molecule has 54 valence electrons. The lowest BCUT2D eigenvalue weighted by Gasteiger charge is -2.11. The molecule has 1 heterocycles. The zero-order valence-electron chi connectivity index (χ0n) is 5.32. The van der Waals surface area contributed by atoms with Gasteiger partial charge < -0.3 is 0 Å². The van der Waals surface area contributed by atoms with Crippen molar-refractivity contribution in [1.29, 1.82) is 0 Å². The summed E-state index contributed by atoms with van der Waals surface area (Å²) in [6, 6.07) is 0. The quantitative estimate of drug-likeness (QED) is 0.508. The predicted octanol–water partition coefficient (Wildman–Crippen LogP) is 0.684. The van der Waals surface area contributed by atoms with Crippen molar-refractivity contribution in [3.63, 3.8) is 0 Å². The molecule has 0 N–H and O–H groups in total. The summed E-state index contributed by atoms with van der Waals surface area (Å²) in [7, 11) is 0. The molecule has 1 aliphatic rings. The molecule has 1 saturated heterocycles. The van der Waals surface area contributed by atoms with E-state index in [-0.39, 0.29) is 0 Å². The van der Waals surface area contributed by atoms with E-state index in [1.54, 1.807) is 0 Å². The maximum absolute atomic E-state index is 4.24. The van der Waals surface area contributed by atoms with Gasteiger partial charge in [-0.2, -0.15) is 0 Å². The number of rotatable bonds is 0. The third kappa shape index (κ3) is 2.80. The van der Waals surface area contributed by atoms with Gasteiger partial charge in [-0.3, -0.25) is 8.61 Å². The van der Waals surface area contributed by atoms with Crippen LogP contribution in [0.25, 0.3) is 0 Å². The first kappa shape index (κ1) is 7.72. The van der Waals surface area contributed by atoms with Crippen LogP contribution in [0.5, 0.6) is 0 Å². The highest BCUT2D eigenvalue weighted by atomic mass is 32.1. The molecule has 0 saturated carbocycles. The summed E-state index contributed by atoms with van der Waals surface area (Å²) in [6.45, 7) is 4.21. The molecule has 0 aromatic heterocycles. The van der Waals surface area contributed by atoms with E-state index in [2.05, 4.69) is 25.6 Å². The summed E-state index contributed by atoms with van der Waals surface area (Å²) < 4.78 is 4.08. The van der Waals surface area contributed by atoms with Crippen LogP contribution >= 0.6 is 25.6 Å². The van der Waals surface area contributed by atoms with Crippen LogP contribution in [0.4, 0.5) is 0 Å². The second kappa shape index (κ2) is 3.71. The van der Waals surface area contributed by atoms with Crippen LogP contribution in [0, 0.1) is 0 Å². The van der Waals surface area contributed by atoms with Crippen molar-refractivity contribution >= 4 is 25.6 Å². The first-order valence-corrected chi connectivity index (χ1v) is 3.96. The van der Waals surface area contributed by atoms with Gasteiger partial charge in [-0.15, -0.1) is 0 Å². The molecule has 0 unspecified atom stereocenters. The van der Waals surface area contributed by atoms with E-state index in [9.17, 15) is 0 Å². The second-order valence-corrected chi connectivity index (χ2v) is 3.39. The van der Waals surface area contributed by atoms with Crippen LogP contribution in [-0.2, 0) is 0 Å². The van der Waals surface area contributed by atoms with Crippen molar-refractivity contribution in [3.8, 4) is 0 Å². The summed E-state index contributed by atoms with van der Waals surface area (Å²) in [5.41, 5.74) is 0. The maximum atomic E-state index is 4.24. The standard InChI is InChI=1S/C5H12N2S2/c8-6-2-1-3-7(9)5-4-6/h8-9H,1-5H2. The van der Waals surface area contributed by atoms with Gasteiger partial charge in [-0.05, 0) is 6.42 Å². The first-order chi connectivity index (χ1) is 4.29. The number of hydrogen-bond acceptors (Lipinski definition) is 4. The topological polar surface area (TPSA) is 6.48 Å². The highest BCUT2D eigenvalue weighted by molar-refractivity contribution is 7.78. The van der Waals surface area contributed by atoms with Gasteiger partial charge in [0.05, 0.1) is 0 Å². The smallest absolute Gasteiger partial charge is 0.0224 e. The molecule has 0 bridgehead atoms. The van der Waals surface area contributed by atoms with E-state index in [1.165, 1.54) is 6.42 Å². The second-order valence-electron chi connectivity index (χ2n) is 2.26. The number of hydrogen-bond donors (Lipinski definition) is 2. The Morgan fingerprint density at radius 2 is 1.22 bits per heavy atom. The minimum atomic E-state index is 1.02. The molecule has 0 amide bonds. The largest absolute Gasteiger partial charge is 0.252 e. The van der Waals surface area contributed by atoms with Crippen LogP contribution in [0.2, 0.25) is 0 Å². The van der Waals surface area contributed by atoms with Crippen LogP contribution < -0.4 is 0 Å². The lowest BCUT2D eigenvalue weighted by atomic mass is 10.4. The summed E-state index contributed by atoms with van der Waals surface area (Å²) in [6.07, 6.45) is 1.17. The molecular formula is C5H12N2S2. The minimum Gasteiger partial charge on any atom is -0.252 e. The average Bonchev–Trinajstić information content (AvgIpc) is 1.97. The summed E-state index contributed by atoms with van der Waals surface area (Å²) in [5.74, 6) is 0. The van der Waals surface area contributed by atoms with Crippen molar-refractivity contribution in [2.24, 2.45) is 0 Å². The van der Waals surface area contributed by atoms with E-state index in [0.717, 1.165) is 26.2 Å². The molecular weight excluding hydrogens is 152 g/mol. The lowest BCUT2D eigenvalue weighted by molar-refractivity contribution is 0.477. The van der Waals surface area contributed by atoms with Crippen LogP contribution in [0.1, 0.15) is 6.42 Å². The van der Waals surface area contributed by atoms with Crippen molar-refractivity contribution in [3.05, 3.63) is 0 Å². The fourth-order valence-corrected chi connectivity index (χ4v) is 1.35. The molecule has 1 fully saturated rings. The Hall–Kier alpha value is 0.620. The molecule has 0 atom stereocenters. The third-order valence-electron chi connectivity index (χ3n) is 1.45. The predicted molar refractivity (Wildman–Crippen MR) is 45.7 cm³/mol. The normalized spacial score (nSPS) is 26.0. The zero-order chi connectivity index (χ0) is 6.69. The lowest BCUT2D eigenvalue weighted by Crippen LogP contribution is -2.19. The summed E-state index contributed by atoms with van der Waals surface area (Å²) in [4.78, 5) is 0. The van der Waals surface area contributed by atoms with Gasteiger partial charge in [-0.25, -0.2) is 0 Å². The van der Waals surface area contributed by atoms with Gasteiger partial charge in [0.25, 0.3) is 0 Å². The SMILES string of the molecule is SN1CCCN(S)CC1. The molecule has 0 aromatic carbocycles. The average molecular weight is 164 g/mol. The number of nitrogens with zero attached hydrogens (tertiary/aromatic N) is 2. The molecule has 1 rings (SSSR count). The highest BCUT2D eigenvalue weighted by Crippen LogP contribution is 2.05. The van der Waals surface area contributed by atoms with Crippen LogP contribution in [0.15, 0.2) is 0 Å². The van der Waals surface area contributed by atoms with Crippen LogP contribution in [0.3, 0.4) is 0 Å². The summed E-state index contributed by atoms with van der Waals surface area (Å²) >= 11 is 8.49. The third-order valence-corrected chi connectivity index (χ3v) is 2.25. The minimum absolute atomic E-state index is 1.02. The first-order valence-electron chi connectivity index (χ1n) is 3.16. The monoisotopic (exact) mass is 164 g/mol. The van der Waals surface area contributed by atoms with Gasteiger partial charge in [0.2, 0.25) is 0 Å². The molecule has 1 aliphatic heterocycles. The van der Waals surface area contributed by atoms with Crippen molar-refractivity contribution in [1.82, 2.24) is 8.61 Å². The van der Waals surface area contributed by atoms with Gasteiger partial charge in [0.1, 0.15) is 0 Å². The fourth-order valence-electron chi connectivity index (χ4n) is 0.890. The Balaban J connectivity index is 2.25. The van der Waals surface area contributed by atoms with Crippen molar-refractivity contribution in [2.45, 2.75) is 6.42 Å². The van der Waals surface area contributed by atoms with Crippen molar-refractivity contribution < 1.29 is 0 Å². The summed E-state index contributed by atoms with van der Waals surface area (Å²) in [5, 5.41) is 0. The Morgan fingerprint density at radius 1 is 0.778 bits per heavy atom. The molecule has 0 spiro atoms. The van der Waals surface area contributed by atoms with E-state index < -0.39 is 0 Å². The van der Waals surface area contributed by atoms with E-state index >= 15 is 0 Å². The maximum Gasteiger partial charge on any atom is 0.0224 e. The molecule has 0 aromatic rings. The molecule has 2 nitrogen and oxygen atoms in total. The Morgan fingerprint density at radius 3 is 1.67 bits per heavy atom. The Labute approximate surface area is 67.3 Å². The van der Waals surface area contributed by atoms with E-state index in [4.69, 9.17) is 0 Å². The van der Waals surface area contributed by atoms with Gasteiger partial charge in [-0.1, -0.05) is 25.6 Å². The molecule has 0 aliphatic carbocycles. The van der Waals surface area contributed by atoms with E-state index in [0.29, 0.717) is 0 Å². The molecule has 0 radical (unpaired) electrons. The van der Waals surface area contributed by atoms with Gasteiger partial charge in [0, 0.05) is 26.2 Å². The molecule has 9 heavy (non-hydrogen) atoms.